The lowest BCUT2D eigenvalue weighted by Gasteiger charge is -2.11. The summed E-state index contributed by atoms with van der Waals surface area (Å²) >= 11 is 0. The molecule has 0 bridgehead atoms. The average Bonchev–Trinajstić information content (AvgIpc) is 2.60. The zero-order valence-corrected chi connectivity index (χ0v) is 13.7. The first-order chi connectivity index (χ1) is 11.9. The first-order valence-corrected chi connectivity index (χ1v) is 7.70. The second kappa shape index (κ2) is 8.41. The van der Waals surface area contributed by atoms with Crippen molar-refractivity contribution in [3.05, 3.63) is 59.7 Å². The van der Waals surface area contributed by atoms with Crippen LogP contribution in [-0.2, 0) is 17.4 Å². The van der Waals surface area contributed by atoms with Crippen LogP contribution in [0.15, 0.2) is 48.5 Å². The van der Waals surface area contributed by atoms with Crippen molar-refractivity contribution in [2.75, 3.05) is 25.5 Å². The quantitative estimate of drug-likeness (QED) is 0.802. The maximum Gasteiger partial charge on any atom is 0.416 e. The van der Waals surface area contributed by atoms with Gasteiger partial charge in [-0.3, -0.25) is 4.79 Å². The Labute approximate surface area is 144 Å². The smallest absolute Gasteiger partial charge is 0.416 e. The first-order valence-electron chi connectivity index (χ1n) is 7.70. The highest BCUT2D eigenvalue weighted by Crippen LogP contribution is 2.30. The lowest BCUT2D eigenvalue weighted by atomic mass is 10.1. The van der Waals surface area contributed by atoms with E-state index in [1.165, 1.54) is 12.1 Å². The zero-order chi connectivity index (χ0) is 18.3. The van der Waals surface area contributed by atoms with Gasteiger partial charge in [-0.25, -0.2) is 0 Å². The Kier molecular flexibility index (Phi) is 6.27. The molecule has 0 heterocycles. The molecule has 0 aliphatic carbocycles. The van der Waals surface area contributed by atoms with Gasteiger partial charge in [0.2, 0.25) is 5.91 Å². The van der Waals surface area contributed by atoms with Crippen molar-refractivity contribution in [2.45, 2.75) is 12.6 Å². The molecule has 7 heteroatoms. The van der Waals surface area contributed by atoms with Gasteiger partial charge in [0, 0.05) is 12.2 Å². The van der Waals surface area contributed by atoms with Crippen molar-refractivity contribution in [1.29, 1.82) is 0 Å². The van der Waals surface area contributed by atoms with Crippen molar-refractivity contribution in [2.24, 2.45) is 0 Å². The van der Waals surface area contributed by atoms with Crippen LogP contribution in [0.5, 0.6) is 5.75 Å². The lowest BCUT2D eigenvalue weighted by molar-refractivity contribution is -0.137. The summed E-state index contributed by atoms with van der Waals surface area (Å²) in [5.74, 6) is 0.450. The van der Waals surface area contributed by atoms with Crippen LogP contribution in [0.2, 0.25) is 0 Å². The van der Waals surface area contributed by atoms with Gasteiger partial charge < -0.3 is 15.4 Å². The Morgan fingerprint density at radius 2 is 1.88 bits per heavy atom. The summed E-state index contributed by atoms with van der Waals surface area (Å²) in [7, 11) is 1.58. The molecule has 0 saturated carbocycles. The maximum absolute atomic E-state index is 12.6. The number of para-hydroxylation sites is 1. The van der Waals surface area contributed by atoms with Crippen molar-refractivity contribution >= 4 is 11.6 Å². The normalized spacial score (nSPS) is 11.0. The third-order valence-corrected chi connectivity index (χ3v) is 3.55. The number of nitrogens with one attached hydrogen (secondary N) is 2. The minimum absolute atomic E-state index is 0.104. The van der Waals surface area contributed by atoms with Gasteiger partial charge in [0.05, 0.1) is 19.2 Å². The highest BCUT2D eigenvalue weighted by atomic mass is 19.4. The van der Waals surface area contributed by atoms with Crippen molar-refractivity contribution in [1.82, 2.24) is 5.32 Å². The molecule has 25 heavy (non-hydrogen) atoms. The van der Waals surface area contributed by atoms with E-state index in [2.05, 4.69) is 10.6 Å². The fraction of sp³-hybridized carbons (Fsp3) is 0.278. The number of rotatable bonds is 7. The lowest BCUT2D eigenvalue weighted by Crippen LogP contribution is -2.31. The summed E-state index contributed by atoms with van der Waals surface area (Å²) in [6.45, 7) is 0.302. The number of anilines is 1. The Bertz CT molecular complexity index is 717. The van der Waals surface area contributed by atoms with Crippen LogP contribution in [0.1, 0.15) is 11.1 Å². The highest BCUT2D eigenvalue weighted by Gasteiger charge is 2.30. The molecular weight excluding hydrogens is 333 g/mol. The second-order valence-corrected chi connectivity index (χ2v) is 5.34. The van der Waals surface area contributed by atoms with Crippen LogP contribution < -0.4 is 15.4 Å². The van der Waals surface area contributed by atoms with Gasteiger partial charge in [-0.05, 0) is 36.2 Å². The summed E-state index contributed by atoms with van der Waals surface area (Å²) in [6, 6.07) is 12.2. The van der Waals surface area contributed by atoms with E-state index >= 15 is 0 Å². The predicted octanol–water partition coefficient (Wildman–Crippen LogP) is 3.48. The monoisotopic (exact) mass is 352 g/mol. The van der Waals surface area contributed by atoms with Gasteiger partial charge in [-0.1, -0.05) is 24.3 Å². The van der Waals surface area contributed by atoms with Gasteiger partial charge in [0.25, 0.3) is 0 Å². The minimum Gasteiger partial charge on any atom is -0.496 e. The van der Waals surface area contributed by atoms with Crippen LogP contribution in [0.25, 0.3) is 0 Å². The molecule has 0 radical (unpaired) electrons. The fourth-order valence-electron chi connectivity index (χ4n) is 2.30. The molecule has 0 aliphatic heterocycles. The van der Waals surface area contributed by atoms with Crippen LogP contribution in [0, 0.1) is 0 Å². The predicted molar refractivity (Wildman–Crippen MR) is 89.6 cm³/mol. The Morgan fingerprint density at radius 3 is 2.60 bits per heavy atom. The Hall–Kier alpha value is -2.70. The molecule has 0 spiro atoms. The molecule has 0 fully saturated rings. The van der Waals surface area contributed by atoms with Crippen molar-refractivity contribution in [3.8, 4) is 5.75 Å². The van der Waals surface area contributed by atoms with Gasteiger partial charge in [0.1, 0.15) is 5.75 Å². The molecule has 4 nitrogen and oxygen atoms in total. The number of carbonyl (C=O) groups excluding carboxylic acids is 1. The molecule has 0 aromatic heterocycles. The molecule has 2 aromatic carbocycles. The average molecular weight is 352 g/mol. The standard InChI is InChI=1S/C18H19F3N2O2/c1-25-16-8-3-2-5-13(16)9-10-22-17(24)12-23-15-7-4-6-14(11-15)18(19,20)21/h2-8,11,23H,9-10,12H2,1H3,(H,22,24). The molecule has 0 aliphatic rings. The van der Waals surface area contributed by atoms with Crippen LogP contribution >= 0.6 is 0 Å². The summed E-state index contributed by atoms with van der Waals surface area (Å²) in [6.07, 6.45) is -3.81. The van der Waals surface area contributed by atoms with Gasteiger partial charge in [0.15, 0.2) is 0 Å². The minimum atomic E-state index is -4.41. The molecule has 2 N–H and O–H groups in total. The third-order valence-electron chi connectivity index (χ3n) is 3.55. The SMILES string of the molecule is COc1ccccc1CCNC(=O)CNc1cccc(C(F)(F)F)c1. The summed E-state index contributed by atoms with van der Waals surface area (Å²) in [5.41, 5.74) is 0.458. The van der Waals surface area contributed by atoms with E-state index < -0.39 is 11.7 Å². The van der Waals surface area contributed by atoms with Crippen LogP contribution in [0.3, 0.4) is 0 Å². The highest BCUT2D eigenvalue weighted by molar-refractivity contribution is 5.80. The summed E-state index contributed by atoms with van der Waals surface area (Å²) < 4.78 is 43.1. The number of halogens is 3. The van der Waals surface area contributed by atoms with Crippen molar-refractivity contribution < 1.29 is 22.7 Å². The number of alkyl halides is 3. The first kappa shape index (κ1) is 18.6. The molecule has 134 valence electrons. The third kappa shape index (κ3) is 5.70. The van der Waals surface area contributed by atoms with Gasteiger partial charge in [-0.2, -0.15) is 13.2 Å². The second-order valence-electron chi connectivity index (χ2n) is 5.34. The number of carbonyl (C=O) groups is 1. The maximum atomic E-state index is 12.6. The Morgan fingerprint density at radius 1 is 1.12 bits per heavy atom. The molecule has 2 rings (SSSR count). The van der Waals surface area contributed by atoms with Gasteiger partial charge in [-0.15, -0.1) is 0 Å². The number of hydrogen-bond donors (Lipinski definition) is 2. The molecule has 0 unspecified atom stereocenters. The summed E-state index contributed by atoms with van der Waals surface area (Å²) in [4.78, 5) is 11.8. The number of amides is 1. The van der Waals surface area contributed by atoms with E-state index in [0.717, 1.165) is 23.4 Å². The zero-order valence-electron chi connectivity index (χ0n) is 13.7. The van der Waals surface area contributed by atoms with Crippen LogP contribution in [-0.4, -0.2) is 26.1 Å². The number of methoxy groups -OCH3 is 1. The summed E-state index contributed by atoms with van der Waals surface area (Å²) in [5, 5.41) is 5.41. The molecular formula is C18H19F3N2O2. The van der Waals surface area contributed by atoms with E-state index in [-0.39, 0.29) is 18.1 Å². The number of hydrogen-bond acceptors (Lipinski definition) is 3. The van der Waals surface area contributed by atoms with E-state index in [0.29, 0.717) is 13.0 Å². The van der Waals surface area contributed by atoms with Crippen LogP contribution in [0.4, 0.5) is 18.9 Å². The topological polar surface area (TPSA) is 50.4 Å². The van der Waals surface area contributed by atoms with E-state index in [9.17, 15) is 18.0 Å². The largest absolute Gasteiger partial charge is 0.496 e. The van der Waals surface area contributed by atoms with Gasteiger partial charge >= 0.3 is 6.18 Å². The van der Waals surface area contributed by atoms with E-state index in [4.69, 9.17) is 4.74 Å². The van der Waals surface area contributed by atoms with E-state index in [1.54, 1.807) is 7.11 Å². The Balaban J connectivity index is 1.79. The van der Waals surface area contributed by atoms with E-state index in [1.807, 2.05) is 24.3 Å². The molecule has 2 aromatic rings. The number of ether oxygens (including phenoxy) is 1. The molecule has 1 amide bonds. The number of benzene rings is 2. The van der Waals surface area contributed by atoms with Crippen molar-refractivity contribution in [3.63, 3.8) is 0 Å². The molecule has 0 saturated heterocycles. The molecule has 0 atom stereocenters. The fourth-order valence-corrected chi connectivity index (χ4v) is 2.30.